The van der Waals surface area contributed by atoms with Gasteiger partial charge in [0, 0.05) is 12.3 Å². The fourth-order valence-electron chi connectivity index (χ4n) is 0.580. The first-order chi connectivity index (χ1) is 4.86. The lowest BCUT2D eigenvalue weighted by atomic mass is 10.4. The minimum Gasteiger partial charge on any atom is -0.482 e. The number of rotatable bonds is 1. The van der Waals surface area contributed by atoms with Gasteiger partial charge in [0.1, 0.15) is 0 Å². The van der Waals surface area contributed by atoms with Crippen molar-refractivity contribution in [1.29, 1.82) is 0 Å². The fraction of sp³-hybridized carbons (Fsp3) is 0.143. The lowest BCUT2D eigenvalue weighted by molar-refractivity contribution is 0.398. The monoisotopic (exact) mass is 134 g/mol. The van der Waals surface area contributed by atoms with E-state index in [9.17, 15) is 0 Å². The third-order valence-corrected chi connectivity index (χ3v) is 1.06. The van der Waals surface area contributed by atoms with Crippen LogP contribution in [0.4, 0.5) is 5.69 Å². The molecule has 0 fully saturated rings. The molecule has 0 aliphatic carbocycles. The van der Waals surface area contributed by atoms with Crippen LogP contribution >= 0.6 is 0 Å². The molecule has 0 unspecified atom stereocenters. The zero-order chi connectivity index (χ0) is 7.40. The lowest BCUT2D eigenvalue weighted by Gasteiger charge is -1.95. The first-order valence-electron chi connectivity index (χ1n) is 2.74. The normalized spacial score (nSPS) is 8.40. The van der Waals surface area contributed by atoms with E-state index >= 15 is 0 Å². The minimum atomic E-state index is 0.480. The van der Waals surface area contributed by atoms with Crippen molar-refractivity contribution in [3.8, 4) is 5.88 Å². The van der Waals surface area contributed by atoms with E-state index in [-0.39, 0.29) is 0 Å². The van der Waals surface area contributed by atoms with Gasteiger partial charge in [-0.05, 0) is 6.07 Å². The molecular formula is C7H6N2O. The van der Waals surface area contributed by atoms with Crippen LogP contribution in [0.5, 0.6) is 5.88 Å². The summed E-state index contributed by atoms with van der Waals surface area (Å²) in [5.74, 6) is 0.480. The van der Waals surface area contributed by atoms with E-state index in [1.165, 1.54) is 7.11 Å². The Labute approximate surface area is 59.1 Å². The number of aromatic nitrogens is 1. The molecule has 0 amide bonds. The maximum Gasteiger partial charge on any atom is 0.201 e. The smallest absolute Gasteiger partial charge is 0.201 e. The van der Waals surface area contributed by atoms with Crippen LogP contribution in [-0.2, 0) is 0 Å². The summed E-state index contributed by atoms with van der Waals surface area (Å²) >= 11 is 0. The molecule has 0 atom stereocenters. The summed E-state index contributed by atoms with van der Waals surface area (Å²) in [4.78, 5) is 7.05. The largest absolute Gasteiger partial charge is 0.482 e. The summed E-state index contributed by atoms with van der Waals surface area (Å²) in [7, 11) is 1.52. The van der Waals surface area contributed by atoms with Crippen LogP contribution < -0.4 is 4.74 Å². The van der Waals surface area contributed by atoms with E-state index in [1.807, 2.05) is 0 Å². The molecule has 3 heteroatoms. The van der Waals surface area contributed by atoms with Crippen molar-refractivity contribution in [2.75, 3.05) is 7.11 Å². The predicted octanol–water partition coefficient (Wildman–Crippen LogP) is 1.64. The number of ether oxygens (including phenoxy) is 1. The summed E-state index contributed by atoms with van der Waals surface area (Å²) in [6.45, 7) is 6.66. The van der Waals surface area contributed by atoms with Crippen molar-refractivity contribution in [1.82, 2.24) is 4.98 Å². The second-order valence-corrected chi connectivity index (χ2v) is 1.67. The van der Waals surface area contributed by atoms with Gasteiger partial charge in [-0.2, -0.15) is 0 Å². The van der Waals surface area contributed by atoms with Crippen molar-refractivity contribution >= 4 is 5.69 Å². The average Bonchev–Trinajstić information content (AvgIpc) is 2.05. The molecule has 1 aromatic rings. The molecule has 1 rings (SSSR count). The van der Waals surface area contributed by atoms with Gasteiger partial charge in [-0.1, -0.05) is 0 Å². The zero-order valence-corrected chi connectivity index (χ0v) is 5.53. The molecule has 1 aromatic heterocycles. The Morgan fingerprint density at radius 3 is 3.10 bits per heavy atom. The number of nitrogens with zero attached hydrogens (tertiary/aromatic N) is 2. The van der Waals surface area contributed by atoms with E-state index in [2.05, 4.69) is 9.83 Å². The second kappa shape index (κ2) is 2.83. The molecule has 50 valence electrons. The van der Waals surface area contributed by atoms with Gasteiger partial charge in [-0.25, -0.2) is 9.83 Å². The van der Waals surface area contributed by atoms with Gasteiger partial charge in [0.15, 0.2) is 5.69 Å². The minimum absolute atomic E-state index is 0.480. The Kier molecular flexibility index (Phi) is 1.86. The van der Waals surface area contributed by atoms with Crippen molar-refractivity contribution in [3.05, 3.63) is 29.7 Å². The Balaban J connectivity index is 3.01. The highest BCUT2D eigenvalue weighted by Gasteiger charge is 1.92. The number of pyridine rings is 1. The SMILES string of the molecule is [C-]#[N+]c1ccnc(OC)c1. The van der Waals surface area contributed by atoms with Gasteiger partial charge < -0.3 is 4.74 Å². The first kappa shape index (κ1) is 6.56. The van der Waals surface area contributed by atoms with Crippen LogP contribution in [0.25, 0.3) is 4.85 Å². The zero-order valence-electron chi connectivity index (χ0n) is 5.53. The van der Waals surface area contributed by atoms with E-state index < -0.39 is 0 Å². The first-order valence-corrected chi connectivity index (χ1v) is 2.74. The van der Waals surface area contributed by atoms with Gasteiger partial charge in [-0.3, -0.25) is 0 Å². The molecule has 0 aliphatic heterocycles. The van der Waals surface area contributed by atoms with Gasteiger partial charge in [-0.15, -0.1) is 0 Å². The number of hydrogen-bond acceptors (Lipinski definition) is 2. The summed E-state index contributed by atoms with van der Waals surface area (Å²) in [6.07, 6.45) is 1.55. The molecule has 3 nitrogen and oxygen atoms in total. The maximum absolute atomic E-state index is 6.66. The van der Waals surface area contributed by atoms with Gasteiger partial charge in [0.25, 0.3) is 0 Å². The third kappa shape index (κ3) is 1.23. The molecular weight excluding hydrogens is 128 g/mol. The summed E-state index contributed by atoms with van der Waals surface area (Å²) < 4.78 is 4.80. The molecule has 0 radical (unpaired) electrons. The van der Waals surface area contributed by atoms with Crippen molar-refractivity contribution < 1.29 is 4.74 Å². The summed E-state index contributed by atoms with van der Waals surface area (Å²) in [5.41, 5.74) is 0.548. The van der Waals surface area contributed by atoms with Crippen molar-refractivity contribution in [2.45, 2.75) is 0 Å². The average molecular weight is 134 g/mol. The molecule has 0 saturated heterocycles. The fourth-order valence-corrected chi connectivity index (χ4v) is 0.580. The highest BCUT2D eigenvalue weighted by Crippen LogP contribution is 2.15. The standard InChI is InChI=1S/C7H6N2O/c1-8-6-3-4-9-7(5-6)10-2/h3-5H,2H3. The molecule has 0 bridgehead atoms. The number of hydrogen-bond donors (Lipinski definition) is 0. The molecule has 0 saturated carbocycles. The summed E-state index contributed by atoms with van der Waals surface area (Å²) in [6, 6.07) is 3.22. The van der Waals surface area contributed by atoms with Gasteiger partial charge >= 0.3 is 0 Å². The molecule has 1 heterocycles. The predicted molar refractivity (Wildman–Crippen MR) is 37.1 cm³/mol. The highest BCUT2D eigenvalue weighted by atomic mass is 16.5. The van der Waals surface area contributed by atoms with Crippen LogP contribution in [0.2, 0.25) is 0 Å². The van der Waals surface area contributed by atoms with Crippen LogP contribution in [-0.4, -0.2) is 12.1 Å². The van der Waals surface area contributed by atoms with Gasteiger partial charge in [0.05, 0.1) is 13.7 Å². The van der Waals surface area contributed by atoms with Crippen LogP contribution in [0.3, 0.4) is 0 Å². The molecule has 0 spiro atoms. The molecule has 0 aliphatic rings. The van der Waals surface area contributed by atoms with Crippen molar-refractivity contribution in [3.63, 3.8) is 0 Å². The highest BCUT2D eigenvalue weighted by molar-refractivity contribution is 5.45. The Hall–Kier alpha value is -1.56. The summed E-state index contributed by atoms with van der Waals surface area (Å²) in [5, 5.41) is 0. The Morgan fingerprint density at radius 1 is 1.70 bits per heavy atom. The van der Waals surface area contributed by atoms with E-state index in [1.54, 1.807) is 18.3 Å². The Morgan fingerprint density at radius 2 is 2.50 bits per heavy atom. The van der Waals surface area contributed by atoms with E-state index in [0.717, 1.165) is 0 Å². The third-order valence-electron chi connectivity index (χ3n) is 1.06. The maximum atomic E-state index is 6.66. The lowest BCUT2D eigenvalue weighted by Crippen LogP contribution is -1.84. The van der Waals surface area contributed by atoms with Crippen LogP contribution in [0.15, 0.2) is 18.3 Å². The van der Waals surface area contributed by atoms with Crippen LogP contribution in [0.1, 0.15) is 0 Å². The van der Waals surface area contributed by atoms with Gasteiger partial charge in [0.2, 0.25) is 5.88 Å². The van der Waals surface area contributed by atoms with Crippen molar-refractivity contribution in [2.24, 2.45) is 0 Å². The van der Waals surface area contributed by atoms with Crippen LogP contribution in [0, 0.1) is 6.57 Å². The quantitative estimate of drug-likeness (QED) is 0.546. The number of methoxy groups -OCH3 is 1. The second-order valence-electron chi connectivity index (χ2n) is 1.67. The Bertz CT molecular complexity index is 265. The van der Waals surface area contributed by atoms with E-state index in [0.29, 0.717) is 11.6 Å². The van der Waals surface area contributed by atoms with E-state index in [4.69, 9.17) is 11.3 Å². The molecule has 10 heavy (non-hydrogen) atoms. The molecule has 0 aromatic carbocycles. The topological polar surface area (TPSA) is 26.5 Å². The molecule has 0 N–H and O–H groups in total.